The number of aliphatic hydroxyl groups excluding tert-OH is 1. The molecule has 1 fully saturated rings. The molecule has 1 saturated heterocycles. The fourth-order valence-corrected chi connectivity index (χ4v) is 3.61. The number of hydrogen-bond donors (Lipinski definition) is 2. The van der Waals surface area contributed by atoms with E-state index in [2.05, 4.69) is 10.3 Å². The highest BCUT2D eigenvalue weighted by molar-refractivity contribution is 7.89. The van der Waals surface area contributed by atoms with E-state index < -0.39 is 16.1 Å². The normalized spacial score (nSPS) is 21.2. The summed E-state index contributed by atoms with van der Waals surface area (Å²) in [4.78, 5) is 3.98. The van der Waals surface area contributed by atoms with Gasteiger partial charge in [-0.2, -0.15) is 4.31 Å². The molecule has 1 aromatic heterocycles. The van der Waals surface area contributed by atoms with Crippen LogP contribution in [0.4, 0.5) is 5.82 Å². The maximum atomic E-state index is 12.2. The van der Waals surface area contributed by atoms with Gasteiger partial charge in [-0.1, -0.05) is 11.6 Å². The number of nitrogens with one attached hydrogen (secondary N) is 1. The summed E-state index contributed by atoms with van der Waals surface area (Å²) >= 11 is 5.91. The summed E-state index contributed by atoms with van der Waals surface area (Å²) in [6.07, 6.45) is 1.12. The third kappa shape index (κ3) is 2.44. The molecular formula is C10H14ClN3O3S. The first-order valence-electron chi connectivity index (χ1n) is 5.46. The molecule has 0 bridgehead atoms. The van der Waals surface area contributed by atoms with Crippen molar-refractivity contribution in [1.82, 2.24) is 9.29 Å². The molecule has 0 saturated carbocycles. The summed E-state index contributed by atoms with van der Waals surface area (Å²) in [5, 5.41) is 12.4. The molecule has 0 amide bonds. The summed E-state index contributed by atoms with van der Waals surface area (Å²) in [7, 11) is -1.97. The lowest BCUT2D eigenvalue weighted by Gasteiger charge is -2.16. The van der Waals surface area contributed by atoms with E-state index in [0.29, 0.717) is 18.8 Å². The van der Waals surface area contributed by atoms with E-state index in [4.69, 9.17) is 11.6 Å². The maximum absolute atomic E-state index is 12.2. The van der Waals surface area contributed by atoms with E-state index >= 15 is 0 Å². The molecule has 1 atom stereocenters. The van der Waals surface area contributed by atoms with Gasteiger partial charge in [0.15, 0.2) is 0 Å². The number of nitrogens with zero attached hydrogens (tertiary/aromatic N) is 2. The van der Waals surface area contributed by atoms with Crippen molar-refractivity contribution >= 4 is 27.4 Å². The molecule has 1 aliphatic heterocycles. The molecule has 18 heavy (non-hydrogen) atoms. The number of aromatic nitrogens is 1. The van der Waals surface area contributed by atoms with Gasteiger partial charge in [0, 0.05) is 26.3 Å². The lowest BCUT2D eigenvalue weighted by Crippen LogP contribution is -2.29. The average Bonchev–Trinajstić information content (AvgIpc) is 2.76. The Morgan fingerprint density at radius 3 is 2.83 bits per heavy atom. The fourth-order valence-electron chi connectivity index (χ4n) is 1.82. The molecule has 0 aromatic carbocycles. The molecule has 1 unspecified atom stereocenters. The predicted molar refractivity (Wildman–Crippen MR) is 68.2 cm³/mol. The van der Waals surface area contributed by atoms with Crippen LogP contribution in [0, 0.1) is 0 Å². The Balaban J connectivity index is 2.33. The summed E-state index contributed by atoms with van der Waals surface area (Å²) < 4.78 is 25.7. The molecule has 2 heterocycles. The number of β-amino-alcohol motifs (C(OH)–C–C–N with tert-alkyl or cyclic N) is 1. The van der Waals surface area contributed by atoms with Gasteiger partial charge in [0.1, 0.15) is 10.7 Å². The van der Waals surface area contributed by atoms with Crippen molar-refractivity contribution in [3.05, 3.63) is 17.3 Å². The highest BCUT2D eigenvalue weighted by Crippen LogP contribution is 2.26. The summed E-state index contributed by atoms with van der Waals surface area (Å²) in [6, 6.07) is 1.36. The van der Waals surface area contributed by atoms with E-state index in [0.717, 1.165) is 0 Å². The smallest absolute Gasteiger partial charge is 0.244 e. The van der Waals surface area contributed by atoms with E-state index in [1.807, 2.05) is 0 Å². The fraction of sp³-hybridized carbons (Fsp3) is 0.500. The van der Waals surface area contributed by atoms with Crippen LogP contribution >= 0.6 is 11.6 Å². The number of rotatable bonds is 3. The Labute approximate surface area is 111 Å². The zero-order chi connectivity index (χ0) is 13.3. The van der Waals surface area contributed by atoms with Crippen LogP contribution in [-0.4, -0.2) is 49.1 Å². The highest BCUT2D eigenvalue weighted by atomic mass is 35.5. The minimum atomic E-state index is -3.62. The van der Waals surface area contributed by atoms with Gasteiger partial charge in [-0.3, -0.25) is 0 Å². The Morgan fingerprint density at radius 1 is 1.61 bits per heavy atom. The zero-order valence-electron chi connectivity index (χ0n) is 9.80. The van der Waals surface area contributed by atoms with Crippen molar-refractivity contribution in [2.75, 3.05) is 25.5 Å². The lowest BCUT2D eigenvalue weighted by atomic mass is 10.3. The first kappa shape index (κ1) is 13.5. The van der Waals surface area contributed by atoms with Gasteiger partial charge in [0.25, 0.3) is 0 Å². The van der Waals surface area contributed by atoms with Crippen molar-refractivity contribution < 1.29 is 13.5 Å². The Hall–Kier alpha value is -0.890. The summed E-state index contributed by atoms with van der Waals surface area (Å²) in [6.45, 7) is 0.433. The quantitative estimate of drug-likeness (QED) is 0.849. The van der Waals surface area contributed by atoms with E-state index in [9.17, 15) is 13.5 Å². The van der Waals surface area contributed by atoms with Crippen molar-refractivity contribution in [2.45, 2.75) is 17.4 Å². The second kappa shape index (κ2) is 5.00. The zero-order valence-corrected chi connectivity index (χ0v) is 11.4. The lowest BCUT2D eigenvalue weighted by molar-refractivity contribution is 0.189. The van der Waals surface area contributed by atoms with Gasteiger partial charge in [-0.15, -0.1) is 0 Å². The Bertz CT molecular complexity index is 549. The van der Waals surface area contributed by atoms with Gasteiger partial charge in [-0.05, 0) is 12.5 Å². The molecule has 1 aromatic rings. The monoisotopic (exact) mass is 291 g/mol. The summed E-state index contributed by atoms with van der Waals surface area (Å²) in [5.74, 6) is 0.428. The second-order valence-corrected chi connectivity index (χ2v) is 6.40. The van der Waals surface area contributed by atoms with Crippen LogP contribution in [-0.2, 0) is 10.0 Å². The van der Waals surface area contributed by atoms with Gasteiger partial charge in [0.2, 0.25) is 10.0 Å². The standard InChI is InChI=1S/C10H14ClN3O3S/c1-12-10-9(11)4-8(5-13-10)18(16,17)14-3-2-7(15)6-14/h4-5,7,15H,2-3,6H2,1H3,(H,12,13). The van der Waals surface area contributed by atoms with Gasteiger partial charge >= 0.3 is 0 Å². The highest BCUT2D eigenvalue weighted by Gasteiger charge is 2.32. The first-order valence-corrected chi connectivity index (χ1v) is 7.28. The maximum Gasteiger partial charge on any atom is 0.244 e. The molecule has 0 radical (unpaired) electrons. The van der Waals surface area contributed by atoms with Crippen LogP contribution in [0.15, 0.2) is 17.2 Å². The number of hydrogen-bond acceptors (Lipinski definition) is 5. The minimum absolute atomic E-state index is 0.0422. The van der Waals surface area contributed by atoms with Crippen molar-refractivity contribution in [3.8, 4) is 0 Å². The number of anilines is 1. The third-order valence-electron chi connectivity index (χ3n) is 2.82. The third-order valence-corrected chi connectivity index (χ3v) is 4.94. The Kier molecular flexibility index (Phi) is 3.76. The first-order chi connectivity index (χ1) is 8.45. The van der Waals surface area contributed by atoms with Crippen molar-refractivity contribution in [2.24, 2.45) is 0 Å². The SMILES string of the molecule is CNc1ncc(S(=O)(=O)N2CCC(O)C2)cc1Cl. The average molecular weight is 292 g/mol. The van der Waals surface area contributed by atoms with Crippen LogP contribution in [0.5, 0.6) is 0 Å². The summed E-state index contributed by atoms with van der Waals surface area (Å²) in [5.41, 5.74) is 0. The van der Waals surface area contributed by atoms with Crippen LogP contribution in [0.1, 0.15) is 6.42 Å². The Morgan fingerprint density at radius 2 is 2.33 bits per heavy atom. The molecule has 100 valence electrons. The largest absolute Gasteiger partial charge is 0.392 e. The van der Waals surface area contributed by atoms with E-state index in [1.54, 1.807) is 7.05 Å². The molecule has 2 N–H and O–H groups in total. The van der Waals surface area contributed by atoms with Crippen LogP contribution < -0.4 is 5.32 Å². The van der Waals surface area contributed by atoms with Crippen LogP contribution in [0.3, 0.4) is 0 Å². The molecule has 0 aliphatic carbocycles. The van der Waals surface area contributed by atoms with E-state index in [-0.39, 0.29) is 16.5 Å². The minimum Gasteiger partial charge on any atom is -0.392 e. The number of sulfonamides is 1. The number of aliphatic hydroxyl groups is 1. The predicted octanol–water partition coefficient (Wildman–Crippen LogP) is 0.532. The van der Waals surface area contributed by atoms with E-state index in [1.165, 1.54) is 16.6 Å². The molecule has 6 nitrogen and oxygen atoms in total. The van der Waals surface area contributed by atoms with Gasteiger partial charge < -0.3 is 10.4 Å². The molecule has 2 rings (SSSR count). The molecule has 1 aliphatic rings. The molecule has 0 spiro atoms. The van der Waals surface area contributed by atoms with Crippen molar-refractivity contribution in [3.63, 3.8) is 0 Å². The second-order valence-electron chi connectivity index (χ2n) is 4.06. The van der Waals surface area contributed by atoms with Crippen LogP contribution in [0.25, 0.3) is 0 Å². The van der Waals surface area contributed by atoms with Gasteiger partial charge in [-0.25, -0.2) is 13.4 Å². The van der Waals surface area contributed by atoms with Crippen LogP contribution in [0.2, 0.25) is 5.02 Å². The van der Waals surface area contributed by atoms with Gasteiger partial charge in [0.05, 0.1) is 11.1 Å². The number of pyridine rings is 1. The molecular weight excluding hydrogens is 278 g/mol. The topological polar surface area (TPSA) is 82.5 Å². The van der Waals surface area contributed by atoms with Crippen molar-refractivity contribution in [1.29, 1.82) is 0 Å². The molecule has 8 heteroatoms. The number of halogens is 1.